The molecule has 1 aromatic rings. The molecule has 0 radical (unpaired) electrons. The number of aliphatic hydroxyl groups excluding tert-OH is 3. The van der Waals surface area contributed by atoms with E-state index in [2.05, 4.69) is 0 Å². The number of Topliss-reactive ketones (excluding diaryl/α,β-unsaturated/α-hetero) is 2. The molecule has 0 bridgehead atoms. The average Bonchev–Trinajstić information content (AvgIpc) is 2.58. The molecule has 6 atom stereocenters. The zero-order chi connectivity index (χ0) is 19.0. The van der Waals surface area contributed by atoms with Crippen molar-refractivity contribution in [2.75, 3.05) is 0 Å². The van der Waals surface area contributed by atoms with Gasteiger partial charge in [0.1, 0.15) is 29.7 Å². The molecule has 0 unspecified atom stereocenters. The highest BCUT2D eigenvalue weighted by Crippen LogP contribution is 2.54. The predicted molar refractivity (Wildman–Crippen MR) is 88.3 cm³/mol. The van der Waals surface area contributed by atoms with Crippen LogP contribution < -0.4 is 0 Å². The molecule has 7 heteroatoms. The number of benzene rings is 1. The SMILES string of the molecule is C[C@H]1CC(=O)C2=C(C1)[C@H](O)[C@@H](O)[C@@]1(O)[C@H]2C(=O)c2cccc(O)c2[C@@H]1O. The topological polar surface area (TPSA) is 135 Å². The van der Waals surface area contributed by atoms with Gasteiger partial charge in [-0.05, 0) is 24.0 Å². The first-order valence-electron chi connectivity index (χ1n) is 8.58. The van der Waals surface area contributed by atoms with Crippen LogP contribution in [0, 0.1) is 11.8 Å². The minimum Gasteiger partial charge on any atom is -0.508 e. The predicted octanol–water partition coefficient (Wildman–Crippen LogP) is 0.000200. The Balaban J connectivity index is 2.01. The van der Waals surface area contributed by atoms with Crippen molar-refractivity contribution in [2.45, 2.75) is 43.7 Å². The number of carbonyl (C=O) groups is 2. The van der Waals surface area contributed by atoms with Crippen LogP contribution in [0.1, 0.15) is 41.8 Å². The van der Waals surface area contributed by atoms with Crippen molar-refractivity contribution in [1.29, 1.82) is 0 Å². The number of aliphatic hydroxyl groups is 4. The molecule has 1 aromatic carbocycles. The third-order valence-corrected chi connectivity index (χ3v) is 5.95. The molecule has 0 heterocycles. The maximum absolute atomic E-state index is 13.1. The van der Waals surface area contributed by atoms with Gasteiger partial charge in [0.2, 0.25) is 0 Å². The summed E-state index contributed by atoms with van der Waals surface area (Å²) in [5, 5.41) is 53.2. The molecule has 4 rings (SSSR count). The lowest BCUT2D eigenvalue weighted by Crippen LogP contribution is -2.66. The lowest BCUT2D eigenvalue weighted by atomic mass is 9.56. The van der Waals surface area contributed by atoms with Gasteiger partial charge in [-0.1, -0.05) is 19.1 Å². The third kappa shape index (κ3) is 1.97. The Labute approximate surface area is 149 Å². The van der Waals surface area contributed by atoms with Gasteiger partial charge in [0.25, 0.3) is 0 Å². The van der Waals surface area contributed by atoms with E-state index in [0.29, 0.717) is 6.42 Å². The number of hydrogen-bond donors (Lipinski definition) is 5. The van der Waals surface area contributed by atoms with E-state index in [9.17, 15) is 35.1 Å². The van der Waals surface area contributed by atoms with E-state index in [1.54, 1.807) is 0 Å². The number of phenols is 1. The van der Waals surface area contributed by atoms with Gasteiger partial charge < -0.3 is 25.5 Å². The van der Waals surface area contributed by atoms with Gasteiger partial charge in [-0.25, -0.2) is 0 Å². The van der Waals surface area contributed by atoms with Crippen LogP contribution in [0.25, 0.3) is 0 Å². The van der Waals surface area contributed by atoms with Crippen LogP contribution in [0.4, 0.5) is 0 Å². The highest BCUT2D eigenvalue weighted by molar-refractivity contribution is 6.11. The minimum atomic E-state index is -2.50. The molecule has 3 aliphatic rings. The lowest BCUT2D eigenvalue weighted by Gasteiger charge is -2.52. The van der Waals surface area contributed by atoms with E-state index in [4.69, 9.17) is 0 Å². The fraction of sp³-hybridized carbons (Fsp3) is 0.474. The van der Waals surface area contributed by atoms with Crippen molar-refractivity contribution >= 4 is 11.6 Å². The Hall–Kier alpha value is -2.06. The number of aromatic hydroxyl groups is 1. The fourth-order valence-electron chi connectivity index (χ4n) is 4.74. The van der Waals surface area contributed by atoms with E-state index in [1.165, 1.54) is 18.2 Å². The molecule has 0 fully saturated rings. The van der Waals surface area contributed by atoms with Crippen LogP contribution >= 0.6 is 0 Å². The second-order valence-corrected chi connectivity index (χ2v) is 7.59. The van der Waals surface area contributed by atoms with Gasteiger partial charge >= 0.3 is 0 Å². The number of ketones is 2. The standard InChI is InChI=1S/C19H20O7/c1-7-5-9-12(11(21)6-7)14-15(22)8-3-2-4-10(20)13(8)17(24)19(14,26)18(25)16(9)23/h2-4,7,14,16-18,20,23-26H,5-6H2,1H3/t7-,14-,16+,17+,18-,19-/m1/s1. The Morgan fingerprint density at radius 2 is 1.81 bits per heavy atom. The number of carbonyl (C=O) groups excluding carboxylic acids is 2. The number of rotatable bonds is 0. The van der Waals surface area contributed by atoms with Gasteiger partial charge in [0.15, 0.2) is 11.6 Å². The Morgan fingerprint density at radius 1 is 1.12 bits per heavy atom. The van der Waals surface area contributed by atoms with E-state index in [-0.39, 0.29) is 40.4 Å². The molecule has 0 spiro atoms. The summed E-state index contributed by atoms with van der Waals surface area (Å²) >= 11 is 0. The average molecular weight is 360 g/mol. The van der Waals surface area contributed by atoms with Crippen molar-refractivity contribution in [3.63, 3.8) is 0 Å². The molecule has 0 saturated heterocycles. The first-order chi connectivity index (χ1) is 12.2. The summed E-state index contributed by atoms with van der Waals surface area (Å²) in [5.41, 5.74) is -2.48. The van der Waals surface area contributed by atoms with E-state index in [0.717, 1.165) is 0 Å². The smallest absolute Gasteiger partial charge is 0.174 e. The normalized spacial score (nSPS) is 39.3. The highest BCUT2D eigenvalue weighted by Gasteiger charge is 2.64. The summed E-state index contributed by atoms with van der Waals surface area (Å²) in [6.07, 6.45) is -4.82. The molecule has 3 aliphatic carbocycles. The van der Waals surface area contributed by atoms with Crippen LogP contribution in [0.15, 0.2) is 29.3 Å². The number of hydrogen-bond acceptors (Lipinski definition) is 7. The Morgan fingerprint density at radius 3 is 2.50 bits per heavy atom. The van der Waals surface area contributed by atoms with Gasteiger partial charge in [-0.15, -0.1) is 0 Å². The van der Waals surface area contributed by atoms with E-state index < -0.39 is 41.4 Å². The van der Waals surface area contributed by atoms with Crippen molar-refractivity contribution in [2.24, 2.45) is 11.8 Å². The maximum atomic E-state index is 13.1. The van der Waals surface area contributed by atoms with Crippen molar-refractivity contribution < 1.29 is 35.1 Å². The van der Waals surface area contributed by atoms with Crippen molar-refractivity contribution in [3.8, 4) is 5.75 Å². The molecule has 0 amide bonds. The summed E-state index contributed by atoms with van der Waals surface area (Å²) in [5.74, 6) is -2.99. The molecule has 0 aliphatic heterocycles. The second kappa shape index (κ2) is 5.47. The maximum Gasteiger partial charge on any atom is 0.174 e. The molecular formula is C19H20O7. The molecular weight excluding hydrogens is 340 g/mol. The zero-order valence-corrected chi connectivity index (χ0v) is 14.1. The summed E-state index contributed by atoms with van der Waals surface area (Å²) in [6, 6.07) is 4.08. The van der Waals surface area contributed by atoms with Crippen molar-refractivity contribution in [3.05, 3.63) is 40.5 Å². The monoisotopic (exact) mass is 360 g/mol. The first kappa shape index (κ1) is 17.4. The van der Waals surface area contributed by atoms with Crippen molar-refractivity contribution in [1.82, 2.24) is 0 Å². The summed E-state index contributed by atoms with van der Waals surface area (Å²) < 4.78 is 0. The molecule has 138 valence electrons. The number of fused-ring (bicyclic) bond motifs is 3. The van der Waals surface area contributed by atoms with Gasteiger partial charge in [0.05, 0.1) is 5.92 Å². The molecule has 5 N–H and O–H groups in total. The number of phenolic OH excluding ortho intramolecular Hbond substituents is 1. The van der Waals surface area contributed by atoms with Crippen LogP contribution in [-0.2, 0) is 4.79 Å². The largest absolute Gasteiger partial charge is 0.508 e. The van der Waals surface area contributed by atoms with Crippen LogP contribution in [-0.4, -0.2) is 54.9 Å². The third-order valence-electron chi connectivity index (χ3n) is 5.95. The Bertz CT molecular complexity index is 857. The molecule has 0 aromatic heterocycles. The van der Waals surface area contributed by atoms with Crippen LogP contribution in [0.3, 0.4) is 0 Å². The van der Waals surface area contributed by atoms with Gasteiger partial charge in [0, 0.05) is 23.1 Å². The quantitative estimate of drug-likeness (QED) is 0.439. The van der Waals surface area contributed by atoms with E-state index >= 15 is 0 Å². The molecule has 26 heavy (non-hydrogen) atoms. The summed E-state index contributed by atoms with van der Waals surface area (Å²) in [6.45, 7) is 1.83. The fourth-order valence-corrected chi connectivity index (χ4v) is 4.74. The van der Waals surface area contributed by atoms with Crippen LogP contribution in [0.2, 0.25) is 0 Å². The molecule has 7 nitrogen and oxygen atoms in total. The zero-order valence-electron chi connectivity index (χ0n) is 14.1. The lowest BCUT2D eigenvalue weighted by molar-refractivity contribution is -0.198. The van der Waals surface area contributed by atoms with Crippen LogP contribution in [0.5, 0.6) is 5.75 Å². The highest BCUT2D eigenvalue weighted by atomic mass is 16.4. The molecule has 0 saturated carbocycles. The van der Waals surface area contributed by atoms with Gasteiger partial charge in [-0.3, -0.25) is 9.59 Å². The van der Waals surface area contributed by atoms with E-state index in [1.807, 2.05) is 6.92 Å². The first-order valence-corrected chi connectivity index (χ1v) is 8.58. The van der Waals surface area contributed by atoms with Gasteiger partial charge in [-0.2, -0.15) is 0 Å². The summed E-state index contributed by atoms with van der Waals surface area (Å²) in [7, 11) is 0. The Kier molecular flexibility index (Phi) is 3.65. The summed E-state index contributed by atoms with van der Waals surface area (Å²) in [4.78, 5) is 25.8. The minimum absolute atomic E-state index is 0.00552. The second-order valence-electron chi connectivity index (χ2n) is 7.59.